The fourth-order valence-corrected chi connectivity index (χ4v) is 6.03. The average Bonchev–Trinajstić information content (AvgIpc) is 3.57. The second-order valence-electron chi connectivity index (χ2n) is 10.8. The summed E-state index contributed by atoms with van der Waals surface area (Å²) in [7, 11) is -3.68. The normalized spacial score (nSPS) is 18.8. The van der Waals surface area contributed by atoms with Gasteiger partial charge in [-0.2, -0.15) is 5.26 Å². The first-order chi connectivity index (χ1) is 18.5. The predicted octanol–water partition coefficient (Wildman–Crippen LogP) is 2.28. The molecule has 39 heavy (non-hydrogen) atoms. The molecule has 4 N–H and O–H groups in total. The standard InChI is InChI=1S/C26H28N8O4S/c1-14(15-4-5-15)33-12-17-10-16(11-19(20(17)25(33)36)32-39(2,37)38)18-6-9-34-23(29-18)21(22(28)31-34)24(35)30-26(13-27)7-3-8-26/h6,9-11,14-15,32H,3-5,7-8,12H2,1-2H3,(H2,28,31)(H,30,35). The Kier molecular flexibility index (Phi) is 5.58. The minimum Gasteiger partial charge on any atom is -0.381 e. The van der Waals surface area contributed by atoms with Crippen LogP contribution in [0.3, 0.4) is 0 Å². The molecule has 2 amide bonds. The molecule has 202 valence electrons. The smallest absolute Gasteiger partial charge is 0.260 e. The van der Waals surface area contributed by atoms with Crippen LogP contribution < -0.4 is 15.8 Å². The van der Waals surface area contributed by atoms with Gasteiger partial charge in [0.2, 0.25) is 10.0 Å². The predicted molar refractivity (Wildman–Crippen MR) is 143 cm³/mol. The van der Waals surface area contributed by atoms with Crippen molar-refractivity contribution in [2.75, 3.05) is 16.7 Å². The largest absolute Gasteiger partial charge is 0.381 e. The molecule has 2 fully saturated rings. The van der Waals surface area contributed by atoms with Crippen LogP contribution in [0.1, 0.15) is 65.3 Å². The fourth-order valence-electron chi connectivity index (χ4n) is 5.47. The summed E-state index contributed by atoms with van der Waals surface area (Å²) in [5.74, 6) is -0.295. The van der Waals surface area contributed by atoms with Gasteiger partial charge in [-0.3, -0.25) is 14.3 Å². The van der Waals surface area contributed by atoms with E-state index < -0.39 is 21.5 Å². The summed E-state index contributed by atoms with van der Waals surface area (Å²) in [6, 6.07) is 7.32. The highest BCUT2D eigenvalue weighted by molar-refractivity contribution is 7.92. The van der Waals surface area contributed by atoms with Crippen LogP contribution in [0, 0.1) is 17.2 Å². The van der Waals surface area contributed by atoms with Gasteiger partial charge in [-0.25, -0.2) is 17.9 Å². The van der Waals surface area contributed by atoms with Crippen LogP contribution in [0.15, 0.2) is 24.4 Å². The van der Waals surface area contributed by atoms with Crippen molar-refractivity contribution in [3.8, 4) is 17.3 Å². The van der Waals surface area contributed by atoms with E-state index in [1.165, 1.54) is 4.52 Å². The number of carbonyl (C=O) groups excluding carboxylic acids is 2. The van der Waals surface area contributed by atoms with Crippen LogP contribution in [0.5, 0.6) is 0 Å². The van der Waals surface area contributed by atoms with E-state index >= 15 is 0 Å². The zero-order valence-electron chi connectivity index (χ0n) is 21.6. The van der Waals surface area contributed by atoms with E-state index in [9.17, 15) is 23.3 Å². The molecule has 3 heterocycles. The number of anilines is 2. The van der Waals surface area contributed by atoms with Crippen molar-refractivity contribution in [3.63, 3.8) is 0 Å². The van der Waals surface area contributed by atoms with Gasteiger partial charge >= 0.3 is 0 Å². The molecule has 6 rings (SSSR count). The van der Waals surface area contributed by atoms with Crippen molar-refractivity contribution in [2.24, 2.45) is 5.92 Å². The number of hydrogen-bond acceptors (Lipinski definition) is 8. The quantitative estimate of drug-likeness (QED) is 0.403. The first-order valence-corrected chi connectivity index (χ1v) is 14.7. The highest BCUT2D eigenvalue weighted by atomic mass is 32.2. The number of nitrogen functional groups attached to an aromatic ring is 1. The van der Waals surface area contributed by atoms with Crippen LogP contribution in [0.2, 0.25) is 0 Å². The molecule has 2 aliphatic carbocycles. The van der Waals surface area contributed by atoms with E-state index in [4.69, 9.17) is 5.73 Å². The minimum atomic E-state index is -3.68. The molecular formula is C26H28N8O4S. The van der Waals surface area contributed by atoms with Crippen molar-refractivity contribution < 1.29 is 18.0 Å². The number of nitriles is 1. The van der Waals surface area contributed by atoms with Gasteiger partial charge < -0.3 is 16.0 Å². The number of aromatic nitrogens is 3. The monoisotopic (exact) mass is 548 g/mol. The molecule has 2 aromatic heterocycles. The SMILES string of the molecule is CC(C1CC1)N1Cc2cc(-c3ccn4nc(N)c(C(=O)NC5(C#N)CCC5)c4n3)cc(NS(C)(=O)=O)c2C1=O. The maximum absolute atomic E-state index is 13.4. The van der Waals surface area contributed by atoms with Crippen LogP contribution in [0.4, 0.5) is 11.5 Å². The zero-order chi connectivity index (χ0) is 27.7. The summed E-state index contributed by atoms with van der Waals surface area (Å²) >= 11 is 0. The number of hydrogen-bond donors (Lipinski definition) is 3. The first-order valence-electron chi connectivity index (χ1n) is 12.8. The van der Waals surface area contributed by atoms with Crippen molar-refractivity contribution >= 4 is 39.0 Å². The third-order valence-electron chi connectivity index (χ3n) is 7.94. The molecule has 2 saturated carbocycles. The number of fused-ring (bicyclic) bond motifs is 2. The maximum Gasteiger partial charge on any atom is 0.260 e. The van der Waals surface area contributed by atoms with Gasteiger partial charge in [0.25, 0.3) is 11.8 Å². The Labute approximate surface area is 225 Å². The van der Waals surface area contributed by atoms with E-state index in [-0.39, 0.29) is 34.7 Å². The molecule has 13 heteroatoms. The van der Waals surface area contributed by atoms with Crippen LogP contribution in [0.25, 0.3) is 16.9 Å². The number of benzene rings is 1. The number of sulfonamides is 1. The summed E-state index contributed by atoms with van der Waals surface area (Å²) in [6.07, 6.45) is 6.77. The molecule has 0 bridgehead atoms. The number of amides is 2. The number of carbonyl (C=O) groups is 2. The minimum absolute atomic E-state index is 0.0201. The second kappa shape index (κ2) is 8.67. The van der Waals surface area contributed by atoms with E-state index in [2.05, 4.69) is 26.2 Å². The lowest BCUT2D eigenvalue weighted by molar-refractivity contribution is 0.0698. The highest BCUT2D eigenvalue weighted by Crippen LogP contribution is 2.41. The molecular weight excluding hydrogens is 520 g/mol. The van der Waals surface area contributed by atoms with Crippen LogP contribution >= 0.6 is 0 Å². The summed E-state index contributed by atoms with van der Waals surface area (Å²) in [5.41, 5.74) is 7.66. The van der Waals surface area contributed by atoms with Crippen LogP contribution in [-0.2, 0) is 16.6 Å². The Morgan fingerprint density at radius 2 is 2.05 bits per heavy atom. The summed E-state index contributed by atoms with van der Waals surface area (Å²) in [5, 5.41) is 16.5. The number of nitrogens with zero attached hydrogens (tertiary/aromatic N) is 5. The van der Waals surface area contributed by atoms with Gasteiger partial charge in [0.05, 0.1) is 29.3 Å². The Hall–Kier alpha value is -4.18. The summed E-state index contributed by atoms with van der Waals surface area (Å²) in [4.78, 5) is 33.0. The van der Waals surface area contributed by atoms with E-state index in [0.29, 0.717) is 47.7 Å². The lowest BCUT2D eigenvalue weighted by atomic mass is 9.78. The summed E-state index contributed by atoms with van der Waals surface area (Å²) in [6.45, 7) is 2.39. The third kappa shape index (κ3) is 4.34. The molecule has 3 aromatic rings. The average molecular weight is 549 g/mol. The Bertz CT molecular complexity index is 1700. The van der Waals surface area contributed by atoms with Crippen molar-refractivity contribution in [1.29, 1.82) is 5.26 Å². The maximum atomic E-state index is 13.4. The number of nitrogens with two attached hydrogens (primary N) is 1. The number of nitrogens with one attached hydrogen (secondary N) is 2. The molecule has 0 spiro atoms. The van der Waals surface area contributed by atoms with E-state index in [0.717, 1.165) is 25.5 Å². The highest BCUT2D eigenvalue weighted by Gasteiger charge is 2.41. The van der Waals surface area contributed by atoms with E-state index in [1.54, 1.807) is 23.2 Å². The fraction of sp³-hybridized carbons (Fsp3) is 0.423. The lowest BCUT2D eigenvalue weighted by Gasteiger charge is -2.35. The second-order valence-corrected chi connectivity index (χ2v) is 12.5. The van der Waals surface area contributed by atoms with Gasteiger partial charge in [-0.1, -0.05) is 0 Å². The molecule has 1 aromatic carbocycles. The Morgan fingerprint density at radius 3 is 2.67 bits per heavy atom. The van der Waals surface area contributed by atoms with Gasteiger partial charge in [-0.05, 0) is 68.7 Å². The zero-order valence-corrected chi connectivity index (χ0v) is 22.4. The van der Waals surface area contributed by atoms with Crippen molar-refractivity contribution in [1.82, 2.24) is 24.8 Å². The summed E-state index contributed by atoms with van der Waals surface area (Å²) < 4.78 is 28.3. The molecule has 3 aliphatic rings. The third-order valence-corrected chi connectivity index (χ3v) is 8.53. The Balaban J connectivity index is 1.42. The molecule has 0 radical (unpaired) electrons. The van der Waals surface area contributed by atoms with Gasteiger partial charge in [0.15, 0.2) is 11.5 Å². The molecule has 12 nitrogen and oxygen atoms in total. The lowest BCUT2D eigenvalue weighted by Crippen LogP contribution is -2.52. The van der Waals surface area contributed by atoms with Gasteiger partial charge in [-0.15, -0.1) is 5.10 Å². The van der Waals surface area contributed by atoms with Crippen molar-refractivity contribution in [3.05, 3.63) is 41.1 Å². The van der Waals surface area contributed by atoms with E-state index in [1.807, 2.05) is 13.0 Å². The molecule has 1 aliphatic heterocycles. The van der Waals surface area contributed by atoms with Crippen molar-refractivity contribution in [2.45, 2.75) is 57.2 Å². The molecule has 1 unspecified atom stereocenters. The topological polar surface area (TPSA) is 176 Å². The molecule has 0 saturated heterocycles. The van der Waals surface area contributed by atoms with Crippen LogP contribution in [-0.4, -0.2) is 57.6 Å². The number of rotatable bonds is 7. The Morgan fingerprint density at radius 1 is 1.31 bits per heavy atom. The van der Waals surface area contributed by atoms with Gasteiger partial charge in [0.1, 0.15) is 11.1 Å². The molecule has 1 atom stereocenters. The van der Waals surface area contributed by atoms with Gasteiger partial charge in [0, 0.05) is 24.3 Å². The first kappa shape index (κ1) is 25.1.